The Morgan fingerprint density at radius 2 is 1.15 bits per heavy atom. The summed E-state index contributed by atoms with van der Waals surface area (Å²) in [5, 5.41) is 16.8. The van der Waals surface area contributed by atoms with Crippen LogP contribution >= 0.6 is 0 Å². The minimum Gasteiger partial charge on any atom is -0.389 e. The van der Waals surface area contributed by atoms with Crippen molar-refractivity contribution < 1.29 is 5.11 Å². The van der Waals surface area contributed by atoms with E-state index in [4.69, 9.17) is 0 Å². The van der Waals surface area contributed by atoms with Gasteiger partial charge in [0.1, 0.15) is 0 Å². The summed E-state index contributed by atoms with van der Waals surface area (Å²) < 4.78 is 0. The van der Waals surface area contributed by atoms with Gasteiger partial charge in [-0.15, -0.1) is 0 Å². The fourth-order valence-corrected chi connectivity index (χ4v) is 2.68. The summed E-state index contributed by atoms with van der Waals surface area (Å²) in [6, 6.07) is 0. The predicted molar refractivity (Wildman–Crippen MR) is 54.5 cm³/mol. The molecule has 0 aromatic heterocycles. The summed E-state index contributed by atoms with van der Waals surface area (Å²) in [5.41, 5.74) is -0.636. The molecule has 0 aliphatic carbocycles. The van der Waals surface area contributed by atoms with Crippen LogP contribution in [0, 0.1) is 0 Å². The molecule has 1 saturated heterocycles. The van der Waals surface area contributed by atoms with E-state index in [1.54, 1.807) is 0 Å². The van der Waals surface area contributed by atoms with Crippen LogP contribution in [0.5, 0.6) is 0 Å². The maximum Gasteiger partial charge on any atom is 0.0893 e. The standard InChI is InChI=1S/C10H22N2O/c1-8(2)7(13)9(3,4)12-10(5,6)11-8/h7,11-13H,1-6H3. The summed E-state index contributed by atoms with van der Waals surface area (Å²) in [6.45, 7) is 12.3. The highest BCUT2D eigenvalue weighted by atomic mass is 16.3. The van der Waals surface area contributed by atoms with Gasteiger partial charge in [-0.3, -0.25) is 10.6 Å². The molecule has 1 aliphatic heterocycles. The van der Waals surface area contributed by atoms with Crippen LogP contribution in [0.3, 0.4) is 0 Å². The molecule has 78 valence electrons. The monoisotopic (exact) mass is 186 g/mol. The van der Waals surface area contributed by atoms with Crippen molar-refractivity contribution in [1.82, 2.24) is 10.6 Å². The average Bonchev–Trinajstić information content (AvgIpc) is 1.77. The van der Waals surface area contributed by atoms with E-state index in [0.29, 0.717) is 0 Å². The SMILES string of the molecule is CC1(C)NC(C)(C)C(O)C(C)(C)N1. The zero-order chi connectivity index (χ0) is 10.5. The second-order valence-electron chi connectivity index (χ2n) is 5.72. The van der Waals surface area contributed by atoms with Crippen LogP contribution in [0.2, 0.25) is 0 Å². The molecule has 0 aromatic carbocycles. The van der Waals surface area contributed by atoms with E-state index >= 15 is 0 Å². The summed E-state index contributed by atoms with van der Waals surface area (Å²) in [5.74, 6) is 0. The van der Waals surface area contributed by atoms with Crippen molar-refractivity contribution in [2.75, 3.05) is 0 Å². The highest BCUT2D eigenvalue weighted by molar-refractivity contribution is 5.08. The highest BCUT2D eigenvalue weighted by Crippen LogP contribution is 2.29. The van der Waals surface area contributed by atoms with Crippen molar-refractivity contribution in [1.29, 1.82) is 0 Å². The summed E-state index contributed by atoms with van der Waals surface area (Å²) in [6.07, 6.45) is -0.395. The van der Waals surface area contributed by atoms with Gasteiger partial charge in [0.2, 0.25) is 0 Å². The fourth-order valence-electron chi connectivity index (χ4n) is 2.68. The van der Waals surface area contributed by atoms with Crippen LogP contribution in [0.4, 0.5) is 0 Å². The third kappa shape index (κ3) is 2.03. The fraction of sp³-hybridized carbons (Fsp3) is 1.00. The van der Waals surface area contributed by atoms with Gasteiger partial charge in [-0.2, -0.15) is 0 Å². The maximum atomic E-state index is 10.1. The van der Waals surface area contributed by atoms with Crippen LogP contribution in [-0.4, -0.2) is 28.0 Å². The van der Waals surface area contributed by atoms with Gasteiger partial charge in [-0.05, 0) is 41.5 Å². The third-order valence-electron chi connectivity index (χ3n) is 2.64. The molecule has 0 aromatic rings. The third-order valence-corrected chi connectivity index (χ3v) is 2.64. The zero-order valence-corrected chi connectivity index (χ0v) is 9.52. The summed E-state index contributed by atoms with van der Waals surface area (Å²) in [4.78, 5) is 0. The van der Waals surface area contributed by atoms with E-state index in [9.17, 15) is 5.11 Å². The van der Waals surface area contributed by atoms with Crippen molar-refractivity contribution >= 4 is 0 Å². The first-order valence-corrected chi connectivity index (χ1v) is 4.84. The molecule has 1 fully saturated rings. The number of aliphatic hydroxyl groups excluding tert-OH is 1. The van der Waals surface area contributed by atoms with Crippen LogP contribution in [0.15, 0.2) is 0 Å². The van der Waals surface area contributed by atoms with Crippen molar-refractivity contribution in [3.8, 4) is 0 Å². The second-order valence-corrected chi connectivity index (χ2v) is 5.72. The van der Waals surface area contributed by atoms with Crippen LogP contribution in [0.1, 0.15) is 41.5 Å². The Balaban J connectivity index is 2.96. The molecule has 13 heavy (non-hydrogen) atoms. The minimum atomic E-state index is -0.395. The lowest BCUT2D eigenvalue weighted by atomic mass is 9.78. The Bertz CT molecular complexity index is 189. The van der Waals surface area contributed by atoms with Crippen LogP contribution in [-0.2, 0) is 0 Å². The first-order chi connectivity index (χ1) is 5.57. The highest BCUT2D eigenvalue weighted by Gasteiger charge is 2.48. The molecule has 0 amide bonds. The van der Waals surface area contributed by atoms with Gasteiger partial charge in [-0.1, -0.05) is 0 Å². The van der Waals surface area contributed by atoms with Crippen LogP contribution in [0.25, 0.3) is 0 Å². The van der Waals surface area contributed by atoms with Crippen molar-refractivity contribution in [3.05, 3.63) is 0 Å². The van der Waals surface area contributed by atoms with Gasteiger partial charge in [0, 0.05) is 11.1 Å². The first kappa shape index (κ1) is 11.0. The molecule has 0 saturated carbocycles. The van der Waals surface area contributed by atoms with E-state index in [-0.39, 0.29) is 16.7 Å². The van der Waals surface area contributed by atoms with Gasteiger partial charge in [0.15, 0.2) is 0 Å². The molecule has 1 rings (SSSR count). The molecule has 3 heteroatoms. The molecule has 0 unspecified atom stereocenters. The molecule has 0 bridgehead atoms. The quantitative estimate of drug-likeness (QED) is 0.525. The number of hydrogen-bond donors (Lipinski definition) is 3. The molecular formula is C10H22N2O. The Kier molecular flexibility index (Phi) is 2.26. The molecule has 0 atom stereocenters. The number of rotatable bonds is 0. The normalized spacial score (nSPS) is 31.6. The zero-order valence-electron chi connectivity index (χ0n) is 9.52. The van der Waals surface area contributed by atoms with E-state index < -0.39 is 6.10 Å². The van der Waals surface area contributed by atoms with Gasteiger partial charge in [0.05, 0.1) is 11.8 Å². The molecule has 0 radical (unpaired) electrons. The Morgan fingerprint density at radius 1 is 0.846 bits per heavy atom. The molecule has 1 heterocycles. The maximum absolute atomic E-state index is 10.1. The van der Waals surface area contributed by atoms with E-state index in [1.165, 1.54) is 0 Å². The molecule has 1 aliphatic rings. The number of nitrogens with one attached hydrogen (secondary N) is 2. The topological polar surface area (TPSA) is 44.3 Å². The van der Waals surface area contributed by atoms with E-state index in [2.05, 4.69) is 24.5 Å². The summed E-state index contributed by atoms with van der Waals surface area (Å²) >= 11 is 0. The van der Waals surface area contributed by atoms with Gasteiger partial charge in [-0.25, -0.2) is 0 Å². The van der Waals surface area contributed by atoms with Gasteiger partial charge >= 0.3 is 0 Å². The largest absolute Gasteiger partial charge is 0.389 e. The second kappa shape index (κ2) is 2.69. The Labute approximate surface area is 80.9 Å². The van der Waals surface area contributed by atoms with E-state index in [1.807, 2.05) is 27.7 Å². The van der Waals surface area contributed by atoms with Gasteiger partial charge in [0.25, 0.3) is 0 Å². The predicted octanol–water partition coefficient (Wildman–Crippen LogP) is 0.833. The number of aliphatic hydroxyl groups is 1. The lowest BCUT2D eigenvalue weighted by Gasteiger charge is -2.54. The van der Waals surface area contributed by atoms with Gasteiger partial charge < -0.3 is 5.11 Å². The smallest absolute Gasteiger partial charge is 0.0893 e. The molecule has 3 nitrogen and oxygen atoms in total. The van der Waals surface area contributed by atoms with Crippen molar-refractivity contribution in [3.63, 3.8) is 0 Å². The Hall–Kier alpha value is -0.120. The number of hydrogen-bond acceptors (Lipinski definition) is 3. The van der Waals surface area contributed by atoms with Crippen LogP contribution < -0.4 is 10.6 Å². The average molecular weight is 186 g/mol. The van der Waals surface area contributed by atoms with E-state index in [0.717, 1.165) is 0 Å². The minimum absolute atomic E-state index is 0.133. The van der Waals surface area contributed by atoms with Crippen molar-refractivity contribution in [2.45, 2.75) is 64.4 Å². The van der Waals surface area contributed by atoms with Crippen molar-refractivity contribution in [2.24, 2.45) is 0 Å². The molecule has 3 N–H and O–H groups in total. The molecular weight excluding hydrogens is 164 g/mol. The lowest BCUT2D eigenvalue weighted by Crippen LogP contribution is -2.78. The summed E-state index contributed by atoms with van der Waals surface area (Å²) in [7, 11) is 0. The Morgan fingerprint density at radius 3 is 1.46 bits per heavy atom. The first-order valence-electron chi connectivity index (χ1n) is 4.84. The lowest BCUT2D eigenvalue weighted by molar-refractivity contribution is -0.0592. The molecule has 0 spiro atoms.